The lowest BCUT2D eigenvalue weighted by atomic mass is 10.1. The average Bonchev–Trinajstić information content (AvgIpc) is 3.09. The summed E-state index contributed by atoms with van der Waals surface area (Å²) in [6.45, 7) is 1.64. The fraction of sp³-hybridized carbons (Fsp3) is 0.389. The summed E-state index contributed by atoms with van der Waals surface area (Å²) in [5, 5.41) is 9.67. The van der Waals surface area contributed by atoms with Gasteiger partial charge in [-0.2, -0.15) is 0 Å². The fourth-order valence-electron chi connectivity index (χ4n) is 2.41. The van der Waals surface area contributed by atoms with Crippen molar-refractivity contribution in [3.63, 3.8) is 0 Å². The van der Waals surface area contributed by atoms with Crippen molar-refractivity contribution >= 4 is 52.9 Å². The van der Waals surface area contributed by atoms with Crippen molar-refractivity contribution in [2.45, 2.75) is 12.5 Å². The molecule has 0 bridgehead atoms. The number of halogens is 2. The van der Waals surface area contributed by atoms with Crippen LogP contribution in [0.1, 0.15) is 16.5 Å². The summed E-state index contributed by atoms with van der Waals surface area (Å²) in [6.07, 6.45) is 0.930. The molecule has 1 unspecified atom stereocenters. The van der Waals surface area contributed by atoms with Crippen LogP contribution in [0.25, 0.3) is 0 Å². The monoisotopic (exact) mass is 492 g/mol. The summed E-state index contributed by atoms with van der Waals surface area (Å²) >= 11 is 7.69. The van der Waals surface area contributed by atoms with Crippen LogP contribution in [-0.4, -0.2) is 45.1 Å². The predicted octanol–water partition coefficient (Wildman–Crippen LogP) is 4.03. The van der Waals surface area contributed by atoms with Gasteiger partial charge in [-0.25, -0.2) is 0 Å². The van der Waals surface area contributed by atoms with Crippen molar-refractivity contribution < 1.29 is 0 Å². The summed E-state index contributed by atoms with van der Waals surface area (Å²) in [5.74, 6) is 0.826. The molecule has 2 N–H and O–H groups in total. The van der Waals surface area contributed by atoms with E-state index in [1.54, 1.807) is 18.4 Å². The van der Waals surface area contributed by atoms with E-state index in [-0.39, 0.29) is 24.0 Å². The molecule has 1 aromatic heterocycles. The van der Waals surface area contributed by atoms with E-state index in [1.807, 2.05) is 12.1 Å². The van der Waals surface area contributed by atoms with Crippen molar-refractivity contribution in [1.29, 1.82) is 0 Å². The van der Waals surface area contributed by atoms with Gasteiger partial charge >= 0.3 is 0 Å². The molecule has 1 heterocycles. The maximum atomic E-state index is 5.91. The van der Waals surface area contributed by atoms with Gasteiger partial charge in [-0.05, 0) is 49.7 Å². The molecule has 2 rings (SSSR count). The Balaban J connectivity index is 0.00000312. The van der Waals surface area contributed by atoms with Gasteiger partial charge in [0.2, 0.25) is 0 Å². The maximum absolute atomic E-state index is 5.91. The first-order chi connectivity index (χ1) is 11.6. The van der Waals surface area contributed by atoms with E-state index >= 15 is 0 Å². The third-order valence-electron chi connectivity index (χ3n) is 3.80. The molecule has 2 aromatic rings. The molecule has 0 aliphatic rings. The second kappa shape index (κ2) is 11.7. The van der Waals surface area contributed by atoms with Crippen LogP contribution in [0.5, 0.6) is 0 Å². The number of benzene rings is 1. The summed E-state index contributed by atoms with van der Waals surface area (Å²) in [6, 6.07) is 12.6. The van der Waals surface area contributed by atoms with Gasteiger partial charge in [-0.3, -0.25) is 4.99 Å². The zero-order valence-electron chi connectivity index (χ0n) is 14.8. The van der Waals surface area contributed by atoms with Crippen LogP contribution in [0.15, 0.2) is 46.8 Å². The molecule has 0 amide bonds. The van der Waals surface area contributed by atoms with Crippen LogP contribution in [0.4, 0.5) is 0 Å². The first-order valence-corrected chi connectivity index (χ1v) is 9.24. The summed E-state index contributed by atoms with van der Waals surface area (Å²) in [5.41, 5.74) is 1.26. The molecular formula is C18H26ClIN4S. The van der Waals surface area contributed by atoms with E-state index in [2.05, 4.69) is 64.3 Å². The van der Waals surface area contributed by atoms with Gasteiger partial charge in [0.1, 0.15) is 0 Å². The standard InChI is InChI=1S/C18H25ClN4S.HI/c1-20-18(21-11-10-14-6-8-15(19)9-7-14)22-13-16(23(2)3)17-5-4-12-24-17;/h4-9,12,16H,10-11,13H2,1-3H3,(H2,20,21,22);1H. The van der Waals surface area contributed by atoms with Crippen molar-refractivity contribution in [3.05, 3.63) is 57.2 Å². The van der Waals surface area contributed by atoms with Crippen molar-refractivity contribution in [3.8, 4) is 0 Å². The third kappa shape index (κ3) is 7.52. The first-order valence-electron chi connectivity index (χ1n) is 7.99. The van der Waals surface area contributed by atoms with Crippen molar-refractivity contribution in [2.24, 2.45) is 4.99 Å². The number of hydrogen-bond donors (Lipinski definition) is 2. The number of nitrogens with zero attached hydrogens (tertiary/aromatic N) is 2. The average molecular weight is 493 g/mol. The minimum absolute atomic E-state index is 0. The smallest absolute Gasteiger partial charge is 0.191 e. The van der Waals surface area contributed by atoms with Crippen molar-refractivity contribution in [2.75, 3.05) is 34.2 Å². The topological polar surface area (TPSA) is 39.7 Å². The summed E-state index contributed by atoms with van der Waals surface area (Å²) in [7, 11) is 6.00. The number of aliphatic imine (C=N–C) groups is 1. The lowest BCUT2D eigenvalue weighted by Crippen LogP contribution is -2.42. The Morgan fingerprint density at radius 1 is 1.20 bits per heavy atom. The molecular weight excluding hydrogens is 467 g/mol. The van der Waals surface area contributed by atoms with E-state index in [1.165, 1.54) is 10.4 Å². The Kier molecular flexibility index (Phi) is 10.4. The predicted molar refractivity (Wildman–Crippen MR) is 121 cm³/mol. The molecule has 0 aliphatic heterocycles. The second-order valence-electron chi connectivity index (χ2n) is 5.75. The molecule has 138 valence electrons. The number of likely N-dealkylation sites (N-methyl/N-ethyl adjacent to an activating group) is 1. The van der Waals surface area contributed by atoms with E-state index in [0.29, 0.717) is 6.04 Å². The van der Waals surface area contributed by atoms with Crippen molar-refractivity contribution in [1.82, 2.24) is 15.5 Å². The SMILES string of the molecule is CN=C(NCCc1ccc(Cl)cc1)NCC(c1cccs1)N(C)C.I. The molecule has 1 atom stereocenters. The zero-order chi connectivity index (χ0) is 17.4. The normalized spacial score (nSPS) is 12.6. The minimum atomic E-state index is 0. The molecule has 0 fully saturated rings. The molecule has 0 radical (unpaired) electrons. The fourth-order valence-corrected chi connectivity index (χ4v) is 3.46. The molecule has 0 aliphatic carbocycles. The van der Waals surface area contributed by atoms with Gasteiger partial charge in [0.15, 0.2) is 5.96 Å². The minimum Gasteiger partial charge on any atom is -0.356 e. The van der Waals surface area contributed by atoms with E-state index in [9.17, 15) is 0 Å². The number of thiophene rings is 1. The van der Waals surface area contributed by atoms with Gasteiger partial charge in [0.05, 0.1) is 6.04 Å². The van der Waals surface area contributed by atoms with Gasteiger partial charge in [0.25, 0.3) is 0 Å². The van der Waals surface area contributed by atoms with E-state index in [0.717, 1.165) is 30.5 Å². The highest BCUT2D eigenvalue weighted by Gasteiger charge is 2.15. The Bertz CT molecular complexity index is 629. The van der Waals surface area contributed by atoms with Crippen LogP contribution >= 0.6 is 46.9 Å². The maximum Gasteiger partial charge on any atom is 0.191 e. The van der Waals surface area contributed by atoms with Crippen LogP contribution in [0, 0.1) is 0 Å². The number of rotatable bonds is 7. The van der Waals surface area contributed by atoms with Gasteiger partial charge in [-0.1, -0.05) is 29.8 Å². The van der Waals surface area contributed by atoms with E-state index < -0.39 is 0 Å². The quantitative estimate of drug-likeness (QED) is 0.348. The highest BCUT2D eigenvalue weighted by molar-refractivity contribution is 14.0. The Morgan fingerprint density at radius 2 is 1.92 bits per heavy atom. The Morgan fingerprint density at radius 3 is 2.48 bits per heavy atom. The van der Waals surface area contributed by atoms with Crippen LogP contribution in [-0.2, 0) is 6.42 Å². The Hall–Kier alpha value is -0.830. The molecule has 1 aromatic carbocycles. The van der Waals surface area contributed by atoms with Crippen LogP contribution < -0.4 is 10.6 Å². The van der Waals surface area contributed by atoms with Crippen LogP contribution in [0.3, 0.4) is 0 Å². The lowest BCUT2D eigenvalue weighted by molar-refractivity contribution is 0.302. The number of nitrogens with one attached hydrogen (secondary N) is 2. The molecule has 0 saturated heterocycles. The third-order valence-corrected chi connectivity index (χ3v) is 5.03. The number of guanidine groups is 1. The molecule has 4 nitrogen and oxygen atoms in total. The Labute approximate surface area is 176 Å². The molecule has 25 heavy (non-hydrogen) atoms. The number of hydrogen-bond acceptors (Lipinski definition) is 3. The highest BCUT2D eigenvalue weighted by atomic mass is 127. The molecule has 0 saturated carbocycles. The molecule has 7 heteroatoms. The summed E-state index contributed by atoms with van der Waals surface area (Å²) in [4.78, 5) is 7.88. The summed E-state index contributed by atoms with van der Waals surface area (Å²) < 4.78 is 0. The van der Waals surface area contributed by atoms with Gasteiger partial charge in [0, 0.05) is 30.0 Å². The van der Waals surface area contributed by atoms with E-state index in [4.69, 9.17) is 11.6 Å². The van der Waals surface area contributed by atoms with Gasteiger partial charge < -0.3 is 15.5 Å². The van der Waals surface area contributed by atoms with Gasteiger partial charge in [-0.15, -0.1) is 35.3 Å². The highest BCUT2D eigenvalue weighted by Crippen LogP contribution is 2.22. The largest absolute Gasteiger partial charge is 0.356 e. The first kappa shape index (κ1) is 22.2. The zero-order valence-corrected chi connectivity index (χ0v) is 18.7. The van der Waals surface area contributed by atoms with Crippen LogP contribution in [0.2, 0.25) is 5.02 Å². The lowest BCUT2D eigenvalue weighted by Gasteiger charge is -2.24. The second-order valence-corrected chi connectivity index (χ2v) is 7.17. The molecule has 0 spiro atoms.